The zero-order valence-corrected chi connectivity index (χ0v) is 11.3. The predicted octanol–water partition coefficient (Wildman–Crippen LogP) is 2.14. The first-order valence-corrected chi connectivity index (χ1v) is 6.75. The van der Waals surface area contributed by atoms with Crippen molar-refractivity contribution in [3.8, 4) is 0 Å². The van der Waals surface area contributed by atoms with Crippen molar-refractivity contribution in [3.05, 3.63) is 29.8 Å². The van der Waals surface area contributed by atoms with E-state index in [0.29, 0.717) is 6.54 Å². The van der Waals surface area contributed by atoms with Gasteiger partial charge < -0.3 is 10.4 Å². The van der Waals surface area contributed by atoms with Crippen molar-refractivity contribution in [3.63, 3.8) is 0 Å². The van der Waals surface area contributed by atoms with Gasteiger partial charge in [-0.25, -0.2) is 0 Å². The fourth-order valence-corrected chi connectivity index (χ4v) is 1.99. The Labute approximate surface area is 111 Å². The van der Waals surface area contributed by atoms with Gasteiger partial charge in [0.15, 0.2) is 0 Å². The van der Waals surface area contributed by atoms with Gasteiger partial charge in [-0.05, 0) is 30.4 Å². The van der Waals surface area contributed by atoms with E-state index in [9.17, 15) is 9.59 Å². The number of carbonyl (C=O) groups excluding carboxylic acids is 1. The van der Waals surface area contributed by atoms with Crippen LogP contribution in [0.5, 0.6) is 0 Å². The van der Waals surface area contributed by atoms with Gasteiger partial charge in [0.2, 0.25) is 5.91 Å². The SMILES string of the molecule is CCSc1ccc(CNC(=O)C(C)C(=O)O)cc1. The summed E-state index contributed by atoms with van der Waals surface area (Å²) in [5.41, 5.74) is 0.960. The van der Waals surface area contributed by atoms with Crippen LogP contribution in [0.4, 0.5) is 0 Å². The molecule has 1 aromatic carbocycles. The largest absolute Gasteiger partial charge is 0.481 e. The van der Waals surface area contributed by atoms with Crippen LogP contribution in [0.3, 0.4) is 0 Å². The molecule has 0 saturated carbocycles. The van der Waals surface area contributed by atoms with Crippen molar-refractivity contribution >= 4 is 23.6 Å². The molecule has 1 atom stereocenters. The first-order chi connectivity index (χ1) is 8.54. The topological polar surface area (TPSA) is 66.4 Å². The number of aliphatic carboxylic acids is 1. The molecular formula is C13H17NO3S. The lowest BCUT2D eigenvalue weighted by molar-refractivity contribution is -0.146. The summed E-state index contributed by atoms with van der Waals surface area (Å²) in [6.07, 6.45) is 0. The molecular weight excluding hydrogens is 250 g/mol. The average Bonchev–Trinajstić information content (AvgIpc) is 2.37. The Morgan fingerprint density at radius 1 is 1.33 bits per heavy atom. The average molecular weight is 267 g/mol. The molecule has 98 valence electrons. The van der Waals surface area contributed by atoms with Gasteiger partial charge >= 0.3 is 5.97 Å². The minimum Gasteiger partial charge on any atom is -0.481 e. The van der Waals surface area contributed by atoms with E-state index in [1.807, 2.05) is 24.3 Å². The molecule has 4 nitrogen and oxygen atoms in total. The number of carboxylic acids is 1. The first kappa shape index (κ1) is 14.6. The number of hydrogen-bond donors (Lipinski definition) is 2. The van der Waals surface area contributed by atoms with E-state index in [1.165, 1.54) is 11.8 Å². The number of nitrogens with one attached hydrogen (secondary N) is 1. The molecule has 0 saturated heterocycles. The Hall–Kier alpha value is -1.49. The Kier molecular flexibility index (Phi) is 5.71. The summed E-state index contributed by atoms with van der Waals surface area (Å²) < 4.78 is 0. The molecule has 1 amide bonds. The van der Waals surface area contributed by atoms with E-state index in [4.69, 9.17) is 5.11 Å². The predicted molar refractivity (Wildman–Crippen MR) is 71.5 cm³/mol. The molecule has 0 aliphatic carbocycles. The first-order valence-electron chi connectivity index (χ1n) is 5.76. The molecule has 0 aliphatic rings. The van der Waals surface area contributed by atoms with Gasteiger partial charge in [0.05, 0.1) is 0 Å². The van der Waals surface area contributed by atoms with E-state index in [0.717, 1.165) is 11.3 Å². The van der Waals surface area contributed by atoms with Crippen molar-refractivity contribution in [2.24, 2.45) is 5.92 Å². The smallest absolute Gasteiger partial charge is 0.315 e. The monoisotopic (exact) mass is 267 g/mol. The van der Waals surface area contributed by atoms with E-state index in [-0.39, 0.29) is 0 Å². The Morgan fingerprint density at radius 3 is 2.44 bits per heavy atom. The molecule has 1 rings (SSSR count). The lowest BCUT2D eigenvalue weighted by atomic mass is 10.1. The van der Waals surface area contributed by atoms with Gasteiger partial charge in [0.25, 0.3) is 0 Å². The van der Waals surface area contributed by atoms with Gasteiger partial charge in [0, 0.05) is 11.4 Å². The number of hydrogen-bond acceptors (Lipinski definition) is 3. The number of rotatable bonds is 6. The van der Waals surface area contributed by atoms with Gasteiger partial charge in [-0.1, -0.05) is 19.1 Å². The third-order valence-electron chi connectivity index (χ3n) is 2.46. The van der Waals surface area contributed by atoms with E-state index >= 15 is 0 Å². The van der Waals surface area contributed by atoms with Gasteiger partial charge in [-0.2, -0.15) is 0 Å². The number of benzene rings is 1. The van der Waals surface area contributed by atoms with Crippen LogP contribution in [0.15, 0.2) is 29.2 Å². The molecule has 1 aromatic rings. The Morgan fingerprint density at radius 2 is 1.94 bits per heavy atom. The molecule has 0 radical (unpaired) electrons. The van der Waals surface area contributed by atoms with Gasteiger partial charge in [-0.3, -0.25) is 9.59 Å². The molecule has 18 heavy (non-hydrogen) atoms. The molecule has 1 unspecified atom stereocenters. The molecule has 0 bridgehead atoms. The van der Waals surface area contributed by atoms with Crippen LogP contribution in [0, 0.1) is 5.92 Å². The highest BCUT2D eigenvalue weighted by Gasteiger charge is 2.19. The fourth-order valence-electron chi connectivity index (χ4n) is 1.32. The summed E-state index contributed by atoms with van der Waals surface area (Å²) in [6.45, 7) is 3.82. The highest BCUT2D eigenvalue weighted by Crippen LogP contribution is 2.17. The summed E-state index contributed by atoms with van der Waals surface area (Å²) in [7, 11) is 0. The summed E-state index contributed by atoms with van der Waals surface area (Å²) in [5.74, 6) is -1.57. The van der Waals surface area contributed by atoms with Crippen LogP contribution < -0.4 is 5.32 Å². The summed E-state index contributed by atoms with van der Waals surface area (Å²) in [6, 6.07) is 7.86. The minimum absolute atomic E-state index is 0.355. The summed E-state index contributed by atoms with van der Waals surface area (Å²) >= 11 is 1.75. The molecule has 0 heterocycles. The van der Waals surface area contributed by atoms with E-state index < -0.39 is 17.8 Å². The second kappa shape index (κ2) is 7.06. The van der Waals surface area contributed by atoms with Crippen LogP contribution in [-0.2, 0) is 16.1 Å². The molecule has 0 spiro atoms. The number of carboxylic acid groups (broad SMARTS) is 1. The highest BCUT2D eigenvalue weighted by atomic mass is 32.2. The lowest BCUT2D eigenvalue weighted by Crippen LogP contribution is -2.33. The number of amides is 1. The summed E-state index contributed by atoms with van der Waals surface area (Å²) in [4.78, 5) is 23.2. The van der Waals surface area contributed by atoms with E-state index in [1.54, 1.807) is 11.8 Å². The molecule has 0 aromatic heterocycles. The van der Waals surface area contributed by atoms with Crippen molar-refractivity contribution in [2.45, 2.75) is 25.3 Å². The standard InChI is InChI=1S/C13H17NO3S/c1-3-18-11-6-4-10(5-7-11)8-14-12(15)9(2)13(16)17/h4-7,9H,3,8H2,1-2H3,(H,14,15)(H,16,17). The number of thioether (sulfide) groups is 1. The fraction of sp³-hybridized carbons (Fsp3) is 0.385. The molecule has 0 fully saturated rings. The van der Waals surface area contributed by atoms with Crippen LogP contribution in [0.2, 0.25) is 0 Å². The lowest BCUT2D eigenvalue weighted by Gasteiger charge is -2.08. The Balaban J connectivity index is 2.48. The van der Waals surface area contributed by atoms with Gasteiger partial charge in [-0.15, -0.1) is 11.8 Å². The summed E-state index contributed by atoms with van der Waals surface area (Å²) in [5, 5.41) is 11.3. The highest BCUT2D eigenvalue weighted by molar-refractivity contribution is 7.99. The van der Waals surface area contributed by atoms with Crippen LogP contribution in [0.1, 0.15) is 19.4 Å². The maximum atomic E-state index is 11.4. The second-order valence-electron chi connectivity index (χ2n) is 3.85. The van der Waals surface area contributed by atoms with Crippen LogP contribution >= 0.6 is 11.8 Å². The number of carbonyl (C=O) groups is 2. The van der Waals surface area contributed by atoms with Crippen molar-refractivity contribution < 1.29 is 14.7 Å². The molecule has 5 heteroatoms. The zero-order valence-electron chi connectivity index (χ0n) is 10.5. The van der Waals surface area contributed by atoms with Crippen molar-refractivity contribution in [2.75, 3.05) is 5.75 Å². The van der Waals surface area contributed by atoms with Gasteiger partial charge in [0.1, 0.15) is 5.92 Å². The Bertz CT molecular complexity index is 417. The van der Waals surface area contributed by atoms with Crippen LogP contribution in [-0.4, -0.2) is 22.7 Å². The minimum atomic E-state index is -1.11. The van der Waals surface area contributed by atoms with Crippen molar-refractivity contribution in [1.82, 2.24) is 5.32 Å². The second-order valence-corrected chi connectivity index (χ2v) is 5.19. The normalized spacial score (nSPS) is 11.9. The third kappa shape index (κ3) is 4.41. The molecule has 0 aliphatic heterocycles. The third-order valence-corrected chi connectivity index (χ3v) is 3.36. The van der Waals surface area contributed by atoms with Crippen LogP contribution in [0.25, 0.3) is 0 Å². The zero-order chi connectivity index (χ0) is 13.5. The maximum absolute atomic E-state index is 11.4. The quantitative estimate of drug-likeness (QED) is 0.612. The van der Waals surface area contributed by atoms with E-state index in [2.05, 4.69) is 12.2 Å². The maximum Gasteiger partial charge on any atom is 0.315 e. The molecule has 2 N–H and O–H groups in total. The van der Waals surface area contributed by atoms with Crippen molar-refractivity contribution in [1.29, 1.82) is 0 Å².